The highest BCUT2D eigenvalue weighted by molar-refractivity contribution is 5.26. The summed E-state index contributed by atoms with van der Waals surface area (Å²) < 4.78 is 45.0. The predicted octanol–water partition coefficient (Wildman–Crippen LogP) is 2.85. The van der Waals surface area contributed by atoms with Gasteiger partial charge in [-0.3, -0.25) is 4.90 Å². The highest BCUT2D eigenvalue weighted by Gasteiger charge is 2.83. The molecule has 3 aliphatic rings. The van der Waals surface area contributed by atoms with Crippen molar-refractivity contribution in [2.24, 2.45) is 16.7 Å². The number of hydrogen-bond donors (Lipinski definition) is 1. The Kier molecular flexibility index (Phi) is 2.87. The molecule has 0 spiro atoms. The molecule has 0 aromatic rings. The Labute approximate surface area is 118 Å². The van der Waals surface area contributed by atoms with E-state index in [1.165, 1.54) is 0 Å². The van der Waals surface area contributed by atoms with Gasteiger partial charge in [0.25, 0.3) is 5.92 Å². The van der Waals surface area contributed by atoms with Crippen molar-refractivity contribution in [2.75, 3.05) is 19.6 Å². The predicted molar refractivity (Wildman–Crippen MR) is 70.5 cm³/mol. The van der Waals surface area contributed by atoms with Crippen LogP contribution in [0.4, 0.5) is 13.2 Å². The van der Waals surface area contributed by atoms with Crippen molar-refractivity contribution in [3.05, 3.63) is 0 Å². The summed E-state index contributed by atoms with van der Waals surface area (Å²) in [4.78, 5) is 1.67. The van der Waals surface area contributed by atoms with Crippen molar-refractivity contribution in [3.8, 4) is 0 Å². The van der Waals surface area contributed by atoms with Crippen LogP contribution in [0, 0.1) is 16.7 Å². The number of nitrogens with zero attached hydrogens (tertiary/aromatic N) is 1. The molecule has 2 nitrogen and oxygen atoms in total. The van der Waals surface area contributed by atoms with Crippen molar-refractivity contribution in [3.63, 3.8) is 0 Å². The maximum atomic E-state index is 15.6. The van der Waals surface area contributed by atoms with Crippen molar-refractivity contribution in [1.82, 2.24) is 4.90 Å². The maximum absolute atomic E-state index is 15.6. The zero-order valence-electron chi connectivity index (χ0n) is 12.4. The summed E-state index contributed by atoms with van der Waals surface area (Å²) in [6.45, 7) is 5.83. The SMILES string of the molecule is CC1(C)C2CCC1(C)C(F)(CN1CC[C@H](O)C1)C2(F)F. The lowest BCUT2D eigenvalue weighted by Crippen LogP contribution is -2.59. The molecular formula is C15H24F3NO. The van der Waals surface area contributed by atoms with Crippen LogP contribution in [-0.4, -0.2) is 47.3 Å². The van der Waals surface area contributed by atoms with Crippen LogP contribution in [0.25, 0.3) is 0 Å². The molecule has 2 saturated carbocycles. The first-order chi connectivity index (χ1) is 9.06. The quantitative estimate of drug-likeness (QED) is 0.845. The third-order valence-corrected chi connectivity index (χ3v) is 6.76. The average molecular weight is 291 g/mol. The van der Waals surface area contributed by atoms with Crippen molar-refractivity contribution in [2.45, 2.75) is 57.7 Å². The summed E-state index contributed by atoms with van der Waals surface area (Å²) in [7, 11) is 0. The van der Waals surface area contributed by atoms with E-state index < -0.39 is 34.4 Å². The summed E-state index contributed by atoms with van der Waals surface area (Å²) >= 11 is 0. The summed E-state index contributed by atoms with van der Waals surface area (Å²) in [5, 5.41) is 9.53. The number of rotatable bonds is 2. The molecule has 1 saturated heterocycles. The molecule has 3 rings (SSSR count). The minimum atomic E-state index is -3.28. The molecule has 1 aliphatic heterocycles. The van der Waals surface area contributed by atoms with E-state index in [4.69, 9.17) is 0 Å². The number of alkyl halides is 3. The van der Waals surface area contributed by atoms with Gasteiger partial charge in [-0.25, -0.2) is 13.2 Å². The van der Waals surface area contributed by atoms with Gasteiger partial charge in [-0.1, -0.05) is 20.8 Å². The number of halogens is 3. The molecule has 3 unspecified atom stereocenters. The van der Waals surface area contributed by atoms with E-state index in [1.54, 1.807) is 25.7 Å². The molecule has 3 fully saturated rings. The summed E-state index contributed by atoms with van der Waals surface area (Å²) in [6, 6.07) is 0. The van der Waals surface area contributed by atoms with Crippen LogP contribution in [0.1, 0.15) is 40.0 Å². The number of fused-ring (bicyclic) bond motifs is 2. The van der Waals surface area contributed by atoms with Crippen molar-refractivity contribution in [1.29, 1.82) is 0 Å². The fourth-order valence-electron chi connectivity index (χ4n) is 5.03. The van der Waals surface area contributed by atoms with Crippen LogP contribution >= 0.6 is 0 Å². The summed E-state index contributed by atoms with van der Waals surface area (Å²) in [5.74, 6) is -4.16. The highest BCUT2D eigenvalue weighted by Crippen LogP contribution is 2.76. The number of hydrogen-bond acceptors (Lipinski definition) is 2. The Morgan fingerprint density at radius 3 is 2.25 bits per heavy atom. The lowest BCUT2D eigenvalue weighted by molar-refractivity contribution is -0.197. The van der Waals surface area contributed by atoms with Crippen LogP contribution in [0.3, 0.4) is 0 Å². The van der Waals surface area contributed by atoms with E-state index in [9.17, 15) is 13.9 Å². The van der Waals surface area contributed by atoms with Gasteiger partial charge in [0, 0.05) is 31.0 Å². The lowest BCUT2D eigenvalue weighted by Gasteiger charge is -2.46. The van der Waals surface area contributed by atoms with E-state index in [-0.39, 0.29) is 6.54 Å². The number of aliphatic hydroxyl groups excluding tert-OH is 1. The lowest BCUT2D eigenvalue weighted by atomic mass is 9.64. The third-order valence-electron chi connectivity index (χ3n) is 6.76. The Bertz CT molecular complexity index is 427. The van der Waals surface area contributed by atoms with Gasteiger partial charge in [0.15, 0.2) is 5.67 Å². The molecule has 1 heterocycles. The molecule has 0 aromatic heterocycles. The van der Waals surface area contributed by atoms with E-state index in [2.05, 4.69) is 0 Å². The van der Waals surface area contributed by atoms with Crippen LogP contribution in [-0.2, 0) is 0 Å². The van der Waals surface area contributed by atoms with Gasteiger partial charge in [0.1, 0.15) is 0 Å². The first kappa shape index (κ1) is 14.6. The summed E-state index contributed by atoms with van der Waals surface area (Å²) in [6.07, 6.45) is 0.968. The second kappa shape index (κ2) is 3.92. The van der Waals surface area contributed by atoms with Crippen LogP contribution in [0.2, 0.25) is 0 Å². The average Bonchev–Trinajstić information content (AvgIpc) is 2.83. The normalized spacial score (nSPS) is 50.0. The molecule has 2 aliphatic carbocycles. The molecule has 116 valence electrons. The molecule has 0 amide bonds. The fraction of sp³-hybridized carbons (Fsp3) is 1.00. The smallest absolute Gasteiger partial charge is 0.286 e. The van der Waals surface area contributed by atoms with Gasteiger partial charge < -0.3 is 5.11 Å². The van der Waals surface area contributed by atoms with E-state index in [0.29, 0.717) is 32.4 Å². The van der Waals surface area contributed by atoms with E-state index in [1.807, 2.05) is 0 Å². The second-order valence-electron chi connectivity index (χ2n) is 7.75. The largest absolute Gasteiger partial charge is 0.392 e. The highest BCUT2D eigenvalue weighted by atomic mass is 19.3. The molecule has 2 bridgehead atoms. The maximum Gasteiger partial charge on any atom is 0.286 e. The summed E-state index contributed by atoms with van der Waals surface area (Å²) in [5.41, 5.74) is -4.18. The minimum absolute atomic E-state index is 0.256. The van der Waals surface area contributed by atoms with Crippen molar-refractivity contribution < 1.29 is 18.3 Å². The first-order valence-electron chi connectivity index (χ1n) is 7.53. The van der Waals surface area contributed by atoms with Gasteiger partial charge >= 0.3 is 0 Å². The molecule has 20 heavy (non-hydrogen) atoms. The van der Waals surface area contributed by atoms with Crippen LogP contribution in [0.15, 0.2) is 0 Å². The number of likely N-dealkylation sites (tertiary alicyclic amines) is 1. The minimum Gasteiger partial charge on any atom is -0.392 e. The number of aliphatic hydroxyl groups is 1. The van der Waals surface area contributed by atoms with Gasteiger partial charge in [-0.05, 0) is 24.7 Å². The Morgan fingerprint density at radius 2 is 1.80 bits per heavy atom. The fourth-order valence-corrected chi connectivity index (χ4v) is 5.03. The standard InChI is InChI=1S/C15H24F3NO/c1-12(2)11-4-6-13(12,3)14(16,15(11,17)18)9-19-7-5-10(20)8-19/h10-11,20H,4-9H2,1-3H3/t10-,11?,13?,14?/m0/s1. The Morgan fingerprint density at radius 1 is 1.15 bits per heavy atom. The zero-order valence-corrected chi connectivity index (χ0v) is 12.4. The van der Waals surface area contributed by atoms with E-state index >= 15 is 4.39 Å². The van der Waals surface area contributed by atoms with Crippen LogP contribution < -0.4 is 0 Å². The molecular weight excluding hydrogens is 267 g/mol. The Balaban J connectivity index is 1.95. The van der Waals surface area contributed by atoms with Gasteiger partial charge in [0.05, 0.1) is 6.10 Å². The van der Waals surface area contributed by atoms with Gasteiger partial charge in [-0.15, -0.1) is 0 Å². The molecule has 5 heteroatoms. The Hall–Kier alpha value is -0.290. The molecule has 0 aromatic carbocycles. The first-order valence-corrected chi connectivity index (χ1v) is 7.53. The molecule has 4 atom stereocenters. The van der Waals surface area contributed by atoms with E-state index in [0.717, 1.165) is 0 Å². The topological polar surface area (TPSA) is 23.5 Å². The second-order valence-corrected chi connectivity index (χ2v) is 7.75. The number of β-amino-alcohol motifs (C(OH)–C–C–N with tert-alkyl or cyclic N) is 1. The zero-order chi connectivity index (χ0) is 15.0. The van der Waals surface area contributed by atoms with Crippen molar-refractivity contribution >= 4 is 0 Å². The third kappa shape index (κ3) is 1.43. The van der Waals surface area contributed by atoms with Gasteiger partial charge in [0.2, 0.25) is 0 Å². The molecule has 0 radical (unpaired) electrons. The van der Waals surface area contributed by atoms with Gasteiger partial charge in [-0.2, -0.15) is 0 Å². The van der Waals surface area contributed by atoms with Crippen LogP contribution in [0.5, 0.6) is 0 Å². The molecule has 1 N–H and O–H groups in total. The monoisotopic (exact) mass is 291 g/mol.